The topological polar surface area (TPSA) is 67.5 Å². The number of nitrogens with zero attached hydrogens (tertiary/aromatic N) is 3. The first kappa shape index (κ1) is 13.0. The maximum absolute atomic E-state index is 12.1. The zero-order valence-corrected chi connectivity index (χ0v) is 10.7. The van der Waals surface area contributed by atoms with Crippen molar-refractivity contribution in [3.63, 3.8) is 0 Å². The minimum absolute atomic E-state index is 0.00318. The van der Waals surface area contributed by atoms with Crippen LogP contribution in [-0.2, 0) is 18.3 Å². The Kier molecular flexibility index (Phi) is 4.07. The molecule has 98 valence electrons. The molecule has 2 rings (SSSR count). The Morgan fingerprint density at radius 3 is 2.68 bits per heavy atom. The molecule has 0 saturated heterocycles. The van der Waals surface area contributed by atoms with Crippen molar-refractivity contribution in [2.45, 2.75) is 12.8 Å². The summed E-state index contributed by atoms with van der Waals surface area (Å²) in [5.41, 5.74) is 1.08. The minimum Gasteiger partial charge on any atom is -0.410 e. The lowest BCUT2D eigenvalue weighted by Gasteiger charge is -2.04. The number of rotatable bonds is 5. The number of benzene rings is 1. The van der Waals surface area contributed by atoms with E-state index in [9.17, 15) is 4.79 Å². The number of oxime groups is 1. The van der Waals surface area contributed by atoms with Gasteiger partial charge in [-0.2, -0.15) is 0 Å². The molecule has 0 aliphatic carbocycles. The lowest BCUT2D eigenvalue weighted by atomic mass is 10.1. The summed E-state index contributed by atoms with van der Waals surface area (Å²) >= 11 is 0. The molecule has 1 N–H and O–H groups in total. The van der Waals surface area contributed by atoms with Gasteiger partial charge >= 0.3 is 0 Å². The van der Waals surface area contributed by atoms with Gasteiger partial charge in [0.2, 0.25) is 0 Å². The molecule has 5 heteroatoms. The van der Waals surface area contributed by atoms with Crippen LogP contribution in [0.3, 0.4) is 0 Å². The van der Waals surface area contributed by atoms with Crippen LogP contribution in [0.5, 0.6) is 0 Å². The van der Waals surface area contributed by atoms with Crippen LogP contribution >= 0.6 is 0 Å². The first-order valence-corrected chi connectivity index (χ1v) is 5.99. The number of aromatic nitrogens is 2. The fourth-order valence-electron chi connectivity index (χ4n) is 1.84. The summed E-state index contributed by atoms with van der Waals surface area (Å²) in [6, 6.07) is 9.71. The van der Waals surface area contributed by atoms with Crippen LogP contribution in [0.1, 0.15) is 17.8 Å². The molecule has 0 spiro atoms. The van der Waals surface area contributed by atoms with Gasteiger partial charge in [-0.25, -0.2) is 4.98 Å². The molecular weight excluding hydrogens is 242 g/mol. The van der Waals surface area contributed by atoms with Crippen molar-refractivity contribution >= 4 is 11.5 Å². The standard InChI is InChI=1S/C14H15N3O2/c1-17-10-9-15-14(17)13(16-19)12(18)8-7-11-5-3-2-4-6-11/h2-6,9-10,19H,7-8H2,1H3/b16-13-. The second-order valence-electron chi connectivity index (χ2n) is 4.22. The van der Waals surface area contributed by atoms with Gasteiger partial charge in [0.05, 0.1) is 0 Å². The van der Waals surface area contributed by atoms with E-state index in [1.807, 2.05) is 30.3 Å². The highest BCUT2D eigenvalue weighted by Gasteiger charge is 2.18. The van der Waals surface area contributed by atoms with Gasteiger partial charge in [0, 0.05) is 25.9 Å². The molecule has 2 aromatic rings. The van der Waals surface area contributed by atoms with Gasteiger partial charge in [0.1, 0.15) is 0 Å². The van der Waals surface area contributed by atoms with Gasteiger partial charge in [-0.15, -0.1) is 0 Å². The second-order valence-corrected chi connectivity index (χ2v) is 4.22. The number of ketones is 1. The van der Waals surface area contributed by atoms with Crippen molar-refractivity contribution < 1.29 is 10.0 Å². The van der Waals surface area contributed by atoms with Gasteiger partial charge in [0.25, 0.3) is 0 Å². The summed E-state index contributed by atoms with van der Waals surface area (Å²) < 4.78 is 1.65. The molecule has 0 aliphatic heterocycles. The predicted molar refractivity (Wildman–Crippen MR) is 71.3 cm³/mol. The molecule has 0 bridgehead atoms. The van der Waals surface area contributed by atoms with Crippen molar-refractivity contribution in [2.24, 2.45) is 12.2 Å². The molecule has 19 heavy (non-hydrogen) atoms. The lowest BCUT2D eigenvalue weighted by Crippen LogP contribution is -2.20. The Bertz CT molecular complexity index is 588. The molecule has 0 fully saturated rings. The smallest absolute Gasteiger partial charge is 0.188 e. The number of hydrogen-bond donors (Lipinski definition) is 1. The highest BCUT2D eigenvalue weighted by Crippen LogP contribution is 2.06. The number of carbonyl (C=O) groups excluding carboxylic acids is 1. The Labute approximate surface area is 111 Å². The zero-order chi connectivity index (χ0) is 13.7. The summed E-state index contributed by atoms with van der Waals surface area (Å²) in [7, 11) is 1.75. The summed E-state index contributed by atoms with van der Waals surface area (Å²) in [6.45, 7) is 0. The Balaban J connectivity index is 2.05. The number of Topliss-reactive ketones (excluding diaryl/α,β-unsaturated/α-hetero) is 1. The van der Waals surface area contributed by atoms with E-state index < -0.39 is 0 Å². The van der Waals surface area contributed by atoms with Crippen LogP contribution in [0.25, 0.3) is 0 Å². The molecule has 0 unspecified atom stereocenters. The molecular formula is C14H15N3O2. The van der Waals surface area contributed by atoms with Crippen LogP contribution in [-0.4, -0.2) is 26.3 Å². The largest absolute Gasteiger partial charge is 0.410 e. The fourth-order valence-corrected chi connectivity index (χ4v) is 1.84. The number of aryl methyl sites for hydroxylation is 2. The Morgan fingerprint density at radius 1 is 1.37 bits per heavy atom. The number of imidazole rings is 1. The highest BCUT2D eigenvalue weighted by atomic mass is 16.4. The van der Waals surface area contributed by atoms with Gasteiger partial charge < -0.3 is 9.77 Å². The van der Waals surface area contributed by atoms with Crippen LogP contribution in [0, 0.1) is 0 Å². The average molecular weight is 257 g/mol. The summed E-state index contributed by atoms with van der Waals surface area (Å²) in [4.78, 5) is 16.1. The van der Waals surface area contributed by atoms with E-state index >= 15 is 0 Å². The minimum atomic E-state index is -0.222. The van der Waals surface area contributed by atoms with E-state index in [-0.39, 0.29) is 17.9 Å². The van der Waals surface area contributed by atoms with Crippen molar-refractivity contribution in [1.82, 2.24) is 9.55 Å². The summed E-state index contributed by atoms with van der Waals surface area (Å²) in [6.07, 6.45) is 4.16. The fraction of sp³-hybridized carbons (Fsp3) is 0.214. The molecule has 1 aromatic heterocycles. The van der Waals surface area contributed by atoms with Gasteiger partial charge in [-0.1, -0.05) is 35.5 Å². The molecule has 0 atom stereocenters. The Hall–Kier alpha value is -2.43. The number of hydrogen-bond acceptors (Lipinski definition) is 4. The SMILES string of the molecule is Cn1ccnc1/C(=N\O)C(=O)CCc1ccccc1. The molecule has 0 amide bonds. The lowest BCUT2D eigenvalue weighted by molar-refractivity contribution is -0.113. The molecule has 5 nitrogen and oxygen atoms in total. The average Bonchev–Trinajstić information content (AvgIpc) is 2.85. The van der Waals surface area contributed by atoms with E-state index in [0.717, 1.165) is 5.56 Å². The molecule has 0 aliphatic rings. The zero-order valence-electron chi connectivity index (χ0n) is 10.7. The van der Waals surface area contributed by atoms with E-state index in [2.05, 4.69) is 10.1 Å². The first-order valence-electron chi connectivity index (χ1n) is 5.99. The van der Waals surface area contributed by atoms with Gasteiger partial charge in [-0.3, -0.25) is 4.79 Å². The third-order valence-corrected chi connectivity index (χ3v) is 2.88. The van der Waals surface area contributed by atoms with Crippen molar-refractivity contribution in [3.8, 4) is 0 Å². The molecule has 0 saturated carbocycles. The van der Waals surface area contributed by atoms with E-state index in [4.69, 9.17) is 5.21 Å². The second kappa shape index (κ2) is 5.95. The normalized spacial score (nSPS) is 11.5. The van der Waals surface area contributed by atoms with Crippen LogP contribution in [0.4, 0.5) is 0 Å². The Morgan fingerprint density at radius 2 is 2.11 bits per heavy atom. The first-order chi connectivity index (χ1) is 9.22. The van der Waals surface area contributed by atoms with Crippen LogP contribution < -0.4 is 0 Å². The van der Waals surface area contributed by atoms with Gasteiger partial charge in [0.15, 0.2) is 17.3 Å². The van der Waals surface area contributed by atoms with E-state index in [1.165, 1.54) is 0 Å². The predicted octanol–water partition coefficient (Wildman–Crippen LogP) is 1.80. The third-order valence-electron chi connectivity index (χ3n) is 2.88. The maximum Gasteiger partial charge on any atom is 0.188 e. The summed E-state index contributed by atoms with van der Waals surface area (Å²) in [5, 5.41) is 12.1. The molecule has 0 radical (unpaired) electrons. The number of carbonyl (C=O) groups is 1. The van der Waals surface area contributed by atoms with E-state index in [1.54, 1.807) is 24.0 Å². The third kappa shape index (κ3) is 3.07. The molecule has 1 heterocycles. The highest BCUT2D eigenvalue weighted by molar-refractivity contribution is 6.45. The maximum atomic E-state index is 12.1. The van der Waals surface area contributed by atoms with Crippen molar-refractivity contribution in [2.75, 3.05) is 0 Å². The van der Waals surface area contributed by atoms with Crippen molar-refractivity contribution in [1.29, 1.82) is 0 Å². The monoisotopic (exact) mass is 257 g/mol. The van der Waals surface area contributed by atoms with E-state index in [0.29, 0.717) is 12.2 Å². The van der Waals surface area contributed by atoms with Crippen molar-refractivity contribution in [3.05, 3.63) is 54.1 Å². The molecule has 1 aromatic carbocycles. The van der Waals surface area contributed by atoms with Crippen LogP contribution in [0.2, 0.25) is 0 Å². The van der Waals surface area contributed by atoms with Crippen LogP contribution in [0.15, 0.2) is 47.9 Å². The quantitative estimate of drug-likeness (QED) is 0.504. The summed E-state index contributed by atoms with van der Waals surface area (Å²) in [5.74, 6) is 0.154. The van der Waals surface area contributed by atoms with Gasteiger partial charge in [-0.05, 0) is 12.0 Å².